The van der Waals surface area contributed by atoms with Crippen molar-refractivity contribution in [1.29, 1.82) is 0 Å². The van der Waals surface area contributed by atoms with Crippen LogP contribution in [0.5, 0.6) is 0 Å². The van der Waals surface area contributed by atoms with E-state index < -0.39 is 22.5 Å². The topological polar surface area (TPSA) is 86.6 Å². The molecule has 4 rings (SSSR count). The monoisotopic (exact) mass is 313 g/mol. The zero-order valence-electron chi connectivity index (χ0n) is 12.7. The number of carbonyl (C=O) groups excluding carboxylic acids is 1. The fraction of sp³-hybridized carbons (Fsp3) is 0.875. The molecule has 0 atom stereocenters. The molecule has 0 radical (unpaired) electrons. The van der Waals surface area contributed by atoms with Gasteiger partial charge in [0.05, 0.1) is 12.0 Å². The molecule has 0 aromatic rings. The summed E-state index contributed by atoms with van der Waals surface area (Å²) in [6, 6.07) is 0. The van der Waals surface area contributed by atoms with E-state index in [0.29, 0.717) is 51.4 Å². The predicted molar refractivity (Wildman–Crippen MR) is 76.9 cm³/mol. The lowest BCUT2D eigenvalue weighted by Gasteiger charge is -2.50. The number of rotatable bonds is 5. The fourth-order valence-corrected chi connectivity index (χ4v) is 4.52. The Kier molecular flexibility index (Phi) is 3.70. The molecule has 4 fully saturated rings. The molecule has 4 saturated carbocycles. The summed E-state index contributed by atoms with van der Waals surface area (Å²) in [6.07, 6.45) is 4.00. The predicted octanol–water partition coefficient (Wildman–Crippen LogP) is 1.64. The number of aliphatic hydroxyl groups is 1. The smallest absolute Gasteiger partial charge is 0.309 e. The zero-order valence-corrected chi connectivity index (χ0v) is 12.7. The molecule has 0 aromatic carbocycles. The van der Waals surface area contributed by atoms with Crippen molar-refractivity contribution in [1.82, 2.24) is 5.32 Å². The van der Waals surface area contributed by atoms with E-state index in [1.165, 1.54) is 0 Å². The van der Waals surface area contributed by atoms with E-state index in [0.717, 1.165) is 0 Å². The van der Waals surface area contributed by atoms with Crippen molar-refractivity contribution in [3.05, 3.63) is 0 Å². The van der Waals surface area contributed by atoms with Crippen molar-refractivity contribution in [3.8, 4) is 0 Å². The first-order valence-corrected chi connectivity index (χ1v) is 8.15. The van der Waals surface area contributed by atoms with Crippen LogP contribution in [0.1, 0.15) is 51.4 Å². The highest BCUT2D eigenvalue weighted by molar-refractivity contribution is 5.84. The second kappa shape index (κ2) is 5.18. The maximum atomic E-state index is 14.3. The Bertz CT molecular complexity index is 462. The number of alkyl halides is 1. The van der Waals surface area contributed by atoms with Gasteiger partial charge in [0, 0.05) is 12.0 Å². The molecule has 4 aliphatic rings. The SMILES string of the molecule is O=C(O)C12CCC(C(=O)NCC3(F)CC(CO)C3)(CC1)CC2. The van der Waals surface area contributed by atoms with Gasteiger partial charge in [-0.25, -0.2) is 4.39 Å². The minimum Gasteiger partial charge on any atom is -0.481 e. The lowest BCUT2D eigenvalue weighted by atomic mass is 9.53. The molecule has 4 aliphatic carbocycles. The number of carboxylic acid groups (broad SMARTS) is 1. The molecule has 2 bridgehead atoms. The number of carboxylic acids is 1. The molecule has 22 heavy (non-hydrogen) atoms. The van der Waals surface area contributed by atoms with Crippen molar-refractivity contribution in [2.45, 2.75) is 57.0 Å². The number of nitrogens with one attached hydrogen (secondary N) is 1. The second-order valence-electron chi connectivity index (χ2n) is 7.66. The minimum atomic E-state index is -1.38. The highest BCUT2D eigenvalue weighted by Gasteiger charge is 2.56. The Morgan fingerprint density at radius 2 is 1.55 bits per heavy atom. The van der Waals surface area contributed by atoms with Crippen LogP contribution in [0, 0.1) is 16.7 Å². The summed E-state index contributed by atoms with van der Waals surface area (Å²) < 4.78 is 14.3. The van der Waals surface area contributed by atoms with Gasteiger partial charge in [-0.15, -0.1) is 0 Å². The average molecular weight is 313 g/mol. The number of hydrogen-bond acceptors (Lipinski definition) is 3. The van der Waals surface area contributed by atoms with Crippen molar-refractivity contribution in [2.75, 3.05) is 13.2 Å². The van der Waals surface area contributed by atoms with Gasteiger partial charge in [0.15, 0.2) is 0 Å². The maximum Gasteiger partial charge on any atom is 0.309 e. The highest BCUT2D eigenvalue weighted by Crippen LogP contribution is 2.57. The van der Waals surface area contributed by atoms with Gasteiger partial charge in [-0.3, -0.25) is 9.59 Å². The quantitative estimate of drug-likeness (QED) is 0.720. The van der Waals surface area contributed by atoms with E-state index in [-0.39, 0.29) is 25.0 Å². The number of amides is 1. The molecule has 0 aromatic heterocycles. The first-order valence-electron chi connectivity index (χ1n) is 8.15. The van der Waals surface area contributed by atoms with Gasteiger partial charge < -0.3 is 15.5 Å². The van der Waals surface area contributed by atoms with Crippen LogP contribution < -0.4 is 5.32 Å². The third-order valence-electron chi connectivity index (χ3n) is 6.31. The minimum absolute atomic E-state index is 0.000818. The number of halogens is 1. The van der Waals surface area contributed by atoms with Crippen molar-refractivity contribution in [2.24, 2.45) is 16.7 Å². The lowest BCUT2D eigenvalue weighted by Crippen LogP contribution is -2.56. The highest BCUT2D eigenvalue weighted by atomic mass is 19.1. The summed E-state index contributed by atoms with van der Waals surface area (Å²) in [7, 11) is 0. The molecule has 0 unspecified atom stereocenters. The summed E-state index contributed by atoms with van der Waals surface area (Å²) in [5, 5.41) is 21.1. The Balaban J connectivity index is 1.55. The largest absolute Gasteiger partial charge is 0.481 e. The third kappa shape index (κ3) is 2.41. The summed E-state index contributed by atoms with van der Waals surface area (Å²) >= 11 is 0. The van der Waals surface area contributed by atoms with Gasteiger partial charge in [0.1, 0.15) is 5.67 Å². The van der Waals surface area contributed by atoms with Crippen LogP contribution in [0.4, 0.5) is 4.39 Å². The van der Waals surface area contributed by atoms with Crippen LogP contribution in [0.3, 0.4) is 0 Å². The van der Waals surface area contributed by atoms with Gasteiger partial charge >= 0.3 is 5.97 Å². The summed E-state index contributed by atoms with van der Waals surface area (Å²) in [5.41, 5.74) is -2.51. The van der Waals surface area contributed by atoms with Gasteiger partial charge in [0.25, 0.3) is 0 Å². The molecule has 0 heterocycles. The van der Waals surface area contributed by atoms with Crippen LogP contribution in [-0.4, -0.2) is 40.9 Å². The zero-order chi connectivity index (χ0) is 16.0. The van der Waals surface area contributed by atoms with Crippen LogP contribution in [0.15, 0.2) is 0 Å². The summed E-state index contributed by atoms with van der Waals surface area (Å²) in [5.74, 6) is -0.843. The lowest BCUT2D eigenvalue weighted by molar-refractivity contribution is -0.163. The first-order chi connectivity index (χ1) is 10.3. The van der Waals surface area contributed by atoms with Crippen molar-refractivity contribution < 1.29 is 24.2 Å². The number of aliphatic hydroxyl groups excluding tert-OH is 1. The van der Waals surface area contributed by atoms with E-state index in [9.17, 15) is 19.1 Å². The van der Waals surface area contributed by atoms with Gasteiger partial charge in [-0.05, 0) is 57.3 Å². The molecular formula is C16H24FNO4. The molecule has 0 spiro atoms. The number of carbonyl (C=O) groups is 2. The summed E-state index contributed by atoms with van der Waals surface area (Å²) in [4.78, 5) is 23.9. The van der Waals surface area contributed by atoms with Gasteiger partial charge in [0.2, 0.25) is 5.91 Å². The fourth-order valence-electron chi connectivity index (χ4n) is 4.52. The summed E-state index contributed by atoms with van der Waals surface area (Å²) in [6.45, 7) is 0.00891. The van der Waals surface area contributed by atoms with E-state index in [1.54, 1.807) is 0 Å². The standard InChI is InChI=1S/C16H24FNO4/c17-16(7-11(8-16)9-19)10-18-12(20)14-1-4-15(5-2-14,6-3-14)13(21)22/h11,19H,1-10H2,(H,18,20)(H,21,22). The normalized spacial score (nSPS) is 43.5. The number of hydrogen-bond donors (Lipinski definition) is 3. The Morgan fingerprint density at radius 3 is 2.00 bits per heavy atom. The van der Waals surface area contributed by atoms with Crippen LogP contribution in [-0.2, 0) is 9.59 Å². The van der Waals surface area contributed by atoms with E-state index in [2.05, 4.69) is 5.32 Å². The molecular weight excluding hydrogens is 289 g/mol. The van der Waals surface area contributed by atoms with E-state index in [1.807, 2.05) is 0 Å². The van der Waals surface area contributed by atoms with Crippen LogP contribution in [0.25, 0.3) is 0 Å². The number of fused-ring (bicyclic) bond motifs is 3. The van der Waals surface area contributed by atoms with Crippen molar-refractivity contribution in [3.63, 3.8) is 0 Å². The third-order valence-corrected chi connectivity index (χ3v) is 6.31. The Hall–Kier alpha value is -1.17. The van der Waals surface area contributed by atoms with E-state index in [4.69, 9.17) is 5.11 Å². The number of aliphatic carboxylic acids is 1. The van der Waals surface area contributed by atoms with E-state index >= 15 is 0 Å². The van der Waals surface area contributed by atoms with Gasteiger partial charge in [-0.1, -0.05) is 0 Å². The molecule has 0 saturated heterocycles. The van der Waals surface area contributed by atoms with Gasteiger partial charge in [-0.2, -0.15) is 0 Å². The molecule has 5 nitrogen and oxygen atoms in total. The average Bonchev–Trinajstić information content (AvgIpc) is 2.51. The maximum absolute atomic E-state index is 14.3. The Morgan fingerprint density at radius 1 is 1.05 bits per heavy atom. The van der Waals surface area contributed by atoms with Crippen molar-refractivity contribution >= 4 is 11.9 Å². The first kappa shape index (κ1) is 15.7. The molecule has 1 amide bonds. The van der Waals surface area contributed by atoms with Crippen LogP contribution in [0.2, 0.25) is 0 Å². The Labute approximate surface area is 129 Å². The molecule has 124 valence electrons. The molecule has 6 heteroatoms. The molecule has 0 aliphatic heterocycles. The second-order valence-corrected chi connectivity index (χ2v) is 7.66. The molecule has 3 N–H and O–H groups in total. The van der Waals surface area contributed by atoms with Crippen LogP contribution >= 0.6 is 0 Å².